The molecule has 1 aromatic carbocycles. The molecule has 26 heavy (non-hydrogen) atoms. The molecule has 2 heterocycles. The summed E-state index contributed by atoms with van der Waals surface area (Å²) in [5, 5.41) is 3.24. The van der Waals surface area contributed by atoms with Crippen molar-refractivity contribution in [2.75, 3.05) is 26.2 Å². The van der Waals surface area contributed by atoms with Crippen molar-refractivity contribution >= 4 is 11.9 Å². The van der Waals surface area contributed by atoms with Crippen LogP contribution in [-0.2, 0) is 11.2 Å². The third kappa shape index (κ3) is 3.31. The molecule has 4 rings (SSSR count). The van der Waals surface area contributed by atoms with E-state index < -0.39 is 0 Å². The van der Waals surface area contributed by atoms with Crippen molar-refractivity contribution in [3.63, 3.8) is 0 Å². The molecule has 0 saturated carbocycles. The molecule has 0 radical (unpaired) electrons. The molecular formula is C21H29N3O2. The molecule has 0 unspecified atom stereocenters. The first kappa shape index (κ1) is 17.4. The number of rotatable bonds is 2. The summed E-state index contributed by atoms with van der Waals surface area (Å²) in [6.07, 6.45) is 4.77. The standard InChI is InChI=1S/C21H29N3O2/c1-15-18-7-3-2-6-17(18)14-19(15)22-21(26)24-12-8-16(9-13-24)20(25)23-10-4-5-11-23/h2-3,6-7,15-16,19H,4-5,8-14H2,1H3,(H,22,26)/t15-,19+/m0/s1. The predicted molar refractivity (Wildman–Crippen MR) is 101 cm³/mol. The summed E-state index contributed by atoms with van der Waals surface area (Å²) >= 11 is 0. The highest BCUT2D eigenvalue weighted by atomic mass is 16.2. The lowest BCUT2D eigenvalue weighted by Gasteiger charge is -2.34. The lowest BCUT2D eigenvalue weighted by molar-refractivity contribution is -0.135. The lowest BCUT2D eigenvalue weighted by Crippen LogP contribution is -2.50. The van der Waals surface area contributed by atoms with Gasteiger partial charge in [0.15, 0.2) is 0 Å². The molecule has 0 bridgehead atoms. The molecular weight excluding hydrogens is 326 g/mol. The maximum absolute atomic E-state index is 12.7. The number of hydrogen-bond acceptors (Lipinski definition) is 2. The van der Waals surface area contributed by atoms with E-state index in [9.17, 15) is 9.59 Å². The minimum Gasteiger partial charge on any atom is -0.342 e. The molecule has 2 saturated heterocycles. The fourth-order valence-electron chi connectivity index (χ4n) is 4.75. The second-order valence-electron chi connectivity index (χ2n) is 8.04. The van der Waals surface area contributed by atoms with Crippen LogP contribution in [0.25, 0.3) is 0 Å². The number of urea groups is 1. The third-order valence-electron chi connectivity index (χ3n) is 6.45. The Morgan fingerprint density at radius 1 is 1.00 bits per heavy atom. The molecule has 1 aromatic rings. The molecule has 2 aliphatic heterocycles. The van der Waals surface area contributed by atoms with E-state index in [0.29, 0.717) is 24.9 Å². The van der Waals surface area contributed by atoms with Crippen molar-refractivity contribution in [2.24, 2.45) is 5.92 Å². The van der Waals surface area contributed by atoms with Crippen LogP contribution in [0.2, 0.25) is 0 Å². The number of carbonyl (C=O) groups excluding carboxylic acids is 2. The highest BCUT2D eigenvalue weighted by Crippen LogP contribution is 2.33. The van der Waals surface area contributed by atoms with Crippen molar-refractivity contribution in [2.45, 2.75) is 51.0 Å². The summed E-state index contributed by atoms with van der Waals surface area (Å²) in [5.41, 5.74) is 2.70. The third-order valence-corrected chi connectivity index (χ3v) is 6.45. The van der Waals surface area contributed by atoms with Gasteiger partial charge in [-0.1, -0.05) is 31.2 Å². The highest BCUT2D eigenvalue weighted by Gasteiger charge is 2.34. The zero-order chi connectivity index (χ0) is 18.1. The summed E-state index contributed by atoms with van der Waals surface area (Å²) in [5.74, 6) is 0.763. The molecule has 1 N–H and O–H groups in total. The molecule has 1 aliphatic carbocycles. The van der Waals surface area contributed by atoms with Gasteiger partial charge in [-0.3, -0.25) is 4.79 Å². The van der Waals surface area contributed by atoms with E-state index >= 15 is 0 Å². The van der Waals surface area contributed by atoms with Crippen LogP contribution in [0.15, 0.2) is 24.3 Å². The van der Waals surface area contributed by atoms with Gasteiger partial charge >= 0.3 is 6.03 Å². The Morgan fingerprint density at radius 2 is 1.69 bits per heavy atom. The number of nitrogens with one attached hydrogen (secondary N) is 1. The average Bonchev–Trinajstić information content (AvgIpc) is 3.31. The number of fused-ring (bicyclic) bond motifs is 1. The minimum atomic E-state index is 0.0294. The Morgan fingerprint density at radius 3 is 2.38 bits per heavy atom. The van der Waals surface area contributed by atoms with Crippen molar-refractivity contribution in [1.82, 2.24) is 15.1 Å². The minimum absolute atomic E-state index is 0.0294. The van der Waals surface area contributed by atoms with Crippen LogP contribution < -0.4 is 5.32 Å². The van der Waals surface area contributed by atoms with Crippen molar-refractivity contribution in [3.05, 3.63) is 35.4 Å². The van der Waals surface area contributed by atoms with Crippen LogP contribution in [0.3, 0.4) is 0 Å². The van der Waals surface area contributed by atoms with Gasteiger partial charge in [-0.15, -0.1) is 0 Å². The molecule has 0 aromatic heterocycles. The number of piperidine rings is 1. The maximum Gasteiger partial charge on any atom is 0.317 e. The Hall–Kier alpha value is -2.04. The average molecular weight is 355 g/mol. The van der Waals surface area contributed by atoms with E-state index in [1.165, 1.54) is 11.1 Å². The number of nitrogens with zero attached hydrogens (tertiary/aromatic N) is 2. The monoisotopic (exact) mass is 355 g/mol. The maximum atomic E-state index is 12.7. The zero-order valence-corrected chi connectivity index (χ0v) is 15.6. The first-order chi connectivity index (χ1) is 12.6. The Bertz CT molecular complexity index is 676. The first-order valence-corrected chi connectivity index (χ1v) is 10.1. The van der Waals surface area contributed by atoms with Crippen LogP contribution in [0.4, 0.5) is 4.79 Å². The lowest BCUT2D eigenvalue weighted by atomic mass is 9.95. The second-order valence-corrected chi connectivity index (χ2v) is 8.04. The van der Waals surface area contributed by atoms with Gasteiger partial charge in [0.05, 0.1) is 0 Å². The molecule has 3 aliphatic rings. The predicted octanol–water partition coefficient (Wildman–Crippen LogP) is 2.76. The Labute approximate surface area is 155 Å². The van der Waals surface area contributed by atoms with Crippen LogP contribution in [0, 0.1) is 5.92 Å². The molecule has 5 nitrogen and oxygen atoms in total. The van der Waals surface area contributed by atoms with E-state index in [0.717, 1.165) is 45.2 Å². The summed E-state index contributed by atoms with van der Waals surface area (Å²) < 4.78 is 0. The molecule has 3 amide bonds. The van der Waals surface area contributed by atoms with Crippen LogP contribution in [0.5, 0.6) is 0 Å². The summed E-state index contributed by atoms with van der Waals surface area (Å²) in [7, 11) is 0. The van der Waals surface area contributed by atoms with Gasteiger partial charge in [-0.25, -0.2) is 4.79 Å². The fourth-order valence-corrected chi connectivity index (χ4v) is 4.75. The van der Waals surface area contributed by atoms with Crippen molar-refractivity contribution < 1.29 is 9.59 Å². The number of benzene rings is 1. The largest absolute Gasteiger partial charge is 0.342 e. The van der Waals surface area contributed by atoms with Crippen LogP contribution >= 0.6 is 0 Å². The van der Waals surface area contributed by atoms with E-state index in [1.54, 1.807) is 0 Å². The molecule has 0 spiro atoms. The van der Waals surface area contributed by atoms with Crippen LogP contribution in [-0.4, -0.2) is 54.0 Å². The quantitative estimate of drug-likeness (QED) is 0.887. The summed E-state index contributed by atoms with van der Waals surface area (Å²) in [6, 6.07) is 8.67. The summed E-state index contributed by atoms with van der Waals surface area (Å²) in [4.78, 5) is 29.1. The number of carbonyl (C=O) groups is 2. The van der Waals surface area contributed by atoms with Crippen molar-refractivity contribution in [1.29, 1.82) is 0 Å². The molecule has 2 fully saturated rings. The first-order valence-electron chi connectivity index (χ1n) is 10.1. The van der Waals surface area contributed by atoms with Gasteiger partial charge < -0.3 is 15.1 Å². The molecule has 140 valence electrons. The SMILES string of the molecule is C[C@H]1c2ccccc2C[C@H]1NC(=O)N1CCC(C(=O)N2CCCC2)CC1. The Kier molecular flexibility index (Phi) is 4.88. The number of hydrogen-bond donors (Lipinski definition) is 1. The van der Waals surface area contributed by atoms with Gasteiger partial charge in [-0.05, 0) is 43.2 Å². The van der Waals surface area contributed by atoms with E-state index in [2.05, 4.69) is 36.5 Å². The number of likely N-dealkylation sites (tertiary alicyclic amines) is 2. The fraction of sp³-hybridized carbons (Fsp3) is 0.619. The van der Waals surface area contributed by atoms with Gasteiger partial charge in [-0.2, -0.15) is 0 Å². The second kappa shape index (κ2) is 7.29. The van der Waals surface area contributed by atoms with E-state index in [1.807, 2.05) is 9.80 Å². The topological polar surface area (TPSA) is 52.7 Å². The van der Waals surface area contributed by atoms with Gasteiger partial charge in [0, 0.05) is 44.1 Å². The van der Waals surface area contributed by atoms with Crippen LogP contribution in [0.1, 0.15) is 49.7 Å². The summed E-state index contributed by atoms with van der Waals surface area (Å²) in [6.45, 7) is 5.39. The Balaban J connectivity index is 1.28. The number of amides is 3. The smallest absolute Gasteiger partial charge is 0.317 e. The van der Waals surface area contributed by atoms with E-state index in [4.69, 9.17) is 0 Å². The zero-order valence-electron chi connectivity index (χ0n) is 15.6. The van der Waals surface area contributed by atoms with Crippen molar-refractivity contribution in [3.8, 4) is 0 Å². The van der Waals surface area contributed by atoms with E-state index in [-0.39, 0.29) is 18.0 Å². The highest BCUT2D eigenvalue weighted by molar-refractivity contribution is 5.80. The van der Waals surface area contributed by atoms with Gasteiger partial charge in [0.1, 0.15) is 0 Å². The van der Waals surface area contributed by atoms with Gasteiger partial charge in [0.25, 0.3) is 0 Å². The molecule has 5 heteroatoms. The van der Waals surface area contributed by atoms with Gasteiger partial charge in [0.2, 0.25) is 5.91 Å². The molecule has 2 atom stereocenters. The normalized spacial score (nSPS) is 26.0.